The van der Waals surface area contributed by atoms with Gasteiger partial charge in [-0.15, -0.1) is 0 Å². The van der Waals surface area contributed by atoms with Crippen molar-refractivity contribution in [2.24, 2.45) is 4.99 Å². The normalized spacial score (nSPS) is 16.8. The molecular formula is C18H19N3O6S. The zero-order valence-electron chi connectivity index (χ0n) is 15.0. The number of hydrogen-bond acceptors (Lipinski definition) is 7. The van der Waals surface area contributed by atoms with E-state index in [1.165, 1.54) is 12.3 Å². The molecule has 10 heteroatoms. The summed E-state index contributed by atoms with van der Waals surface area (Å²) >= 11 is 0. The molecule has 1 amide bonds. The molecule has 148 valence electrons. The molecule has 0 aliphatic carbocycles. The van der Waals surface area contributed by atoms with Crippen molar-refractivity contribution in [1.82, 2.24) is 10.0 Å². The Kier molecular flexibility index (Phi) is 5.78. The number of fused-ring (bicyclic) bond motifs is 1. The SMILES string of the molecule is C[C@@H](NC(=O)COC(=O)CCN=C1NS(=O)(=O)c2ccccc21)c1ccco1. The van der Waals surface area contributed by atoms with E-state index in [1.54, 1.807) is 37.3 Å². The lowest BCUT2D eigenvalue weighted by Crippen LogP contribution is -2.31. The summed E-state index contributed by atoms with van der Waals surface area (Å²) in [6.07, 6.45) is 1.41. The van der Waals surface area contributed by atoms with Crippen LogP contribution < -0.4 is 10.0 Å². The van der Waals surface area contributed by atoms with Crippen molar-refractivity contribution in [2.45, 2.75) is 24.3 Å². The molecule has 0 spiro atoms. The van der Waals surface area contributed by atoms with Gasteiger partial charge >= 0.3 is 5.97 Å². The van der Waals surface area contributed by atoms with Gasteiger partial charge in [-0.3, -0.25) is 19.3 Å². The molecule has 0 fully saturated rings. The maximum absolute atomic E-state index is 12.0. The smallest absolute Gasteiger partial charge is 0.308 e. The average molecular weight is 405 g/mol. The van der Waals surface area contributed by atoms with E-state index < -0.39 is 28.5 Å². The minimum absolute atomic E-state index is 0.0233. The standard InChI is InChI=1S/C18H19N3O6S/c1-12(14-6-4-10-26-14)20-16(22)11-27-17(23)8-9-19-18-13-5-2-3-7-15(13)28(24,25)21-18/h2-7,10,12H,8-9,11H2,1H3,(H,19,21)(H,20,22)/t12-/m1/s1. The summed E-state index contributed by atoms with van der Waals surface area (Å²) in [5.41, 5.74) is 0.460. The number of carbonyl (C=O) groups excluding carboxylic acids is 2. The summed E-state index contributed by atoms with van der Waals surface area (Å²) < 4.78 is 36.4. The molecule has 1 atom stereocenters. The molecule has 2 N–H and O–H groups in total. The zero-order valence-corrected chi connectivity index (χ0v) is 15.9. The fraction of sp³-hybridized carbons (Fsp3) is 0.278. The quantitative estimate of drug-likeness (QED) is 0.665. The summed E-state index contributed by atoms with van der Waals surface area (Å²) in [7, 11) is -3.61. The third-order valence-electron chi connectivity index (χ3n) is 3.96. The summed E-state index contributed by atoms with van der Waals surface area (Å²) in [5, 5.41) is 2.64. The molecule has 1 aliphatic rings. The Morgan fingerprint density at radius 2 is 2.04 bits per heavy atom. The van der Waals surface area contributed by atoms with Crippen LogP contribution in [0.15, 0.2) is 57.0 Å². The van der Waals surface area contributed by atoms with Crippen LogP contribution in [0.3, 0.4) is 0 Å². The van der Waals surface area contributed by atoms with Gasteiger partial charge in [-0.2, -0.15) is 0 Å². The first-order chi connectivity index (χ1) is 13.4. The highest BCUT2D eigenvalue weighted by molar-refractivity contribution is 7.90. The molecule has 0 bridgehead atoms. The second-order valence-electron chi connectivity index (χ2n) is 6.05. The molecular weight excluding hydrogens is 386 g/mol. The van der Waals surface area contributed by atoms with Gasteiger partial charge in [0.25, 0.3) is 15.9 Å². The lowest BCUT2D eigenvalue weighted by atomic mass is 10.2. The number of sulfonamides is 1. The number of rotatable bonds is 7. The van der Waals surface area contributed by atoms with Crippen molar-refractivity contribution in [2.75, 3.05) is 13.2 Å². The Labute approximate surface area is 161 Å². The fourth-order valence-electron chi connectivity index (χ4n) is 2.62. The monoisotopic (exact) mass is 405 g/mol. The highest BCUT2D eigenvalue weighted by Crippen LogP contribution is 2.22. The molecule has 2 heterocycles. The molecule has 3 rings (SSSR count). The van der Waals surface area contributed by atoms with Crippen LogP contribution in [0.25, 0.3) is 0 Å². The van der Waals surface area contributed by atoms with Crippen LogP contribution in [0.1, 0.15) is 30.7 Å². The molecule has 1 aromatic heterocycles. The van der Waals surface area contributed by atoms with E-state index in [2.05, 4.69) is 15.0 Å². The Hall–Kier alpha value is -3.14. The Balaban J connectivity index is 1.45. The number of aliphatic imine (C=N–C) groups is 1. The van der Waals surface area contributed by atoms with Crippen molar-refractivity contribution >= 4 is 27.7 Å². The third kappa shape index (κ3) is 4.58. The van der Waals surface area contributed by atoms with Crippen LogP contribution in [-0.2, 0) is 24.3 Å². The van der Waals surface area contributed by atoms with Crippen LogP contribution in [0.2, 0.25) is 0 Å². The number of furan rings is 1. The molecule has 0 unspecified atom stereocenters. The molecule has 0 radical (unpaired) electrons. The molecule has 0 saturated heterocycles. The number of carbonyl (C=O) groups is 2. The van der Waals surface area contributed by atoms with Crippen molar-refractivity contribution < 1.29 is 27.2 Å². The summed E-state index contributed by atoms with van der Waals surface area (Å²) in [4.78, 5) is 27.9. The van der Waals surface area contributed by atoms with Crippen molar-refractivity contribution in [3.8, 4) is 0 Å². The number of amidine groups is 1. The van der Waals surface area contributed by atoms with E-state index in [-0.39, 0.29) is 29.7 Å². The molecule has 28 heavy (non-hydrogen) atoms. The van der Waals surface area contributed by atoms with Gasteiger partial charge < -0.3 is 14.5 Å². The average Bonchev–Trinajstić information content (AvgIpc) is 3.28. The van der Waals surface area contributed by atoms with Crippen molar-refractivity contribution in [3.05, 3.63) is 54.0 Å². The van der Waals surface area contributed by atoms with E-state index in [4.69, 9.17) is 9.15 Å². The number of nitrogens with one attached hydrogen (secondary N) is 2. The van der Waals surface area contributed by atoms with Crippen LogP contribution in [-0.4, -0.2) is 39.3 Å². The first-order valence-electron chi connectivity index (χ1n) is 8.52. The van der Waals surface area contributed by atoms with Crippen molar-refractivity contribution in [1.29, 1.82) is 0 Å². The van der Waals surface area contributed by atoms with Crippen LogP contribution in [0, 0.1) is 0 Å². The maximum atomic E-state index is 12.0. The number of esters is 1. The Morgan fingerprint density at radius 1 is 1.25 bits per heavy atom. The largest absolute Gasteiger partial charge is 0.467 e. The second-order valence-corrected chi connectivity index (χ2v) is 7.70. The van der Waals surface area contributed by atoms with Gasteiger partial charge in [-0.1, -0.05) is 12.1 Å². The van der Waals surface area contributed by atoms with Crippen molar-refractivity contribution in [3.63, 3.8) is 0 Å². The molecule has 9 nitrogen and oxygen atoms in total. The maximum Gasteiger partial charge on any atom is 0.308 e. The predicted octanol–water partition coefficient (Wildman–Crippen LogP) is 1.13. The lowest BCUT2D eigenvalue weighted by Gasteiger charge is -2.11. The minimum atomic E-state index is -3.61. The number of ether oxygens (including phenoxy) is 1. The van der Waals surface area contributed by atoms with Gasteiger partial charge in [-0.25, -0.2) is 8.42 Å². The van der Waals surface area contributed by atoms with Crippen LogP contribution in [0.5, 0.6) is 0 Å². The van der Waals surface area contributed by atoms with E-state index >= 15 is 0 Å². The molecule has 1 aliphatic heterocycles. The van der Waals surface area contributed by atoms with Gasteiger partial charge in [0.15, 0.2) is 6.61 Å². The fourth-order valence-corrected chi connectivity index (χ4v) is 3.87. The summed E-state index contributed by atoms with van der Waals surface area (Å²) in [6, 6.07) is 9.53. The summed E-state index contributed by atoms with van der Waals surface area (Å²) in [6.45, 7) is 1.35. The number of nitrogens with zero attached hydrogens (tertiary/aromatic N) is 1. The highest BCUT2D eigenvalue weighted by atomic mass is 32.2. The van der Waals surface area contributed by atoms with E-state index in [0.717, 1.165) is 0 Å². The number of hydrogen-bond donors (Lipinski definition) is 2. The Bertz CT molecular complexity index is 998. The van der Waals surface area contributed by atoms with Crippen LogP contribution in [0.4, 0.5) is 0 Å². The molecule has 2 aromatic rings. The first kappa shape index (κ1) is 19.6. The second kappa shape index (κ2) is 8.26. The molecule has 0 saturated carbocycles. The topological polar surface area (TPSA) is 127 Å². The minimum Gasteiger partial charge on any atom is -0.467 e. The van der Waals surface area contributed by atoms with Crippen LogP contribution >= 0.6 is 0 Å². The zero-order chi connectivity index (χ0) is 20.1. The van der Waals surface area contributed by atoms with E-state index in [9.17, 15) is 18.0 Å². The third-order valence-corrected chi connectivity index (χ3v) is 5.36. The molecule has 1 aromatic carbocycles. The van der Waals surface area contributed by atoms with E-state index in [0.29, 0.717) is 11.3 Å². The van der Waals surface area contributed by atoms with E-state index in [1.807, 2.05) is 0 Å². The predicted molar refractivity (Wildman–Crippen MR) is 99.0 cm³/mol. The number of benzene rings is 1. The van der Waals surface area contributed by atoms with Gasteiger partial charge in [0.1, 0.15) is 11.6 Å². The summed E-state index contributed by atoms with van der Waals surface area (Å²) in [5.74, 6) is -0.288. The van der Waals surface area contributed by atoms with Gasteiger partial charge in [0, 0.05) is 5.56 Å². The first-order valence-corrected chi connectivity index (χ1v) is 10.00. The van der Waals surface area contributed by atoms with Gasteiger partial charge in [-0.05, 0) is 31.2 Å². The number of amides is 1. The van der Waals surface area contributed by atoms with Gasteiger partial charge in [0.05, 0.1) is 30.2 Å². The lowest BCUT2D eigenvalue weighted by molar-refractivity contribution is -0.148. The highest BCUT2D eigenvalue weighted by Gasteiger charge is 2.29. The van der Waals surface area contributed by atoms with Gasteiger partial charge in [0.2, 0.25) is 0 Å². The Morgan fingerprint density at radius 3 is 2.79 bits per heavy atom.